The van der Waals surface area contributed by atoms with Gasteiger partial charge in [0, 0.05) is 18.0 Å². The summed E-state index contributed by atoms with van der Waals surface area (Å²) in [6, 6.07) is 0. The average molecular weight is 266 g/mol. The van der Waals surface area contributed by atoms with Crippen molar-refractivity contribution in [2.45, 2.75) is 51.4 Å². The van der Waals surface area contributed by atoms with Crippen LogP contribution in [0, 0.1) is 0 Å². The van der Waals surface area contributed by atoms with Gasteiger partial charge in [0.25, 0.3) is 0 Å². The molecule has 1 aromatic rings. The van der Waals surface area contributed by atoms with E-state index in [0.717, 1.165) is 19.3 Å². The van der Waals surface area contributed by atoms with E-state index in [0.29, 0.717) is 11.6 Å². The fourth-order valence-corrected chi connectivity index (χ4v) is 2.29. The molecule has 0 aromatic carbocycles. The molecule has 1 heterocycles. The Morgan fingerprint density at radius 1 is 1.28 bits per heavy atom. The standard InChI is InChI=1S/C14H22N2OS/c1-2-3-4-5-6-7-8-9-10-13(17)16-14-15-11-12-18-14/h2,11-12H,1,3-10H2,(H,15,16,17). The van der Waals surface area contributed by atoms with Crippen molar-refractivity contribution in [1.29, 1.82) is 0 Å². The first-order chi connectivity index (χ1) is 8.83. The molecular formula is C14H22N2OS. The van der Waals surface area contributed by atoms with Crippen LogP contribution >= 0.6 is 11.3 Å². The number of rotatable bonds is 10. The maximum Gasteiger partial charge on any atom is 0.226 e. The van der Waals surface area contributed by atoms with Gasteiger partial charge < -0.3 is 5.32 Å². The molecule has 0 bridgehead atoms. The summed E-state index contributed by atoms with van der Waals surface area (Å²) in [6.07, 6.45) is 12.5. The van der Waals surface area contributed by atoms with E-state index in [2.05, 4.69) is 16.9 Å². The summed E-state index contributed by atoms with van der Waals surface area (Å²) in [7, 11) is 0. The molecule has 1 rings (SSSR count). The van der Waals surface area contributed by atoms with Crippen LogP contribution in [0.25, 0.3) is 0 Å². The van der Waals surface area contributed by atoms with Crippen LogP contribution in [0.5, 0.6) is 0 Å². The summed E-state index contributed by atoms with van der Waals surface area (Å²) in [4.78, 5) is 15.5. The molecule has 1 N–H and O–H groups in total. The number of hydrogen-bond donors (Lipinski definition) is 1. The van der Waals surface area contributed by atoms with Gasteiger partial charge in [-0.2, -0.15) is 0 Å². The van der Waals surface area contributed by atoms with Gasteiger partial charge in [0.05, 0.1) is 0 Å². The number of amides is 1. The van der Waals surface area contributed by atoms with Gasteiger partial charge in [0.15, 0.2) is 5.13 Å². The van der Waals surface area contributed by atoms with Crippen LogP contribution in [0.3, 0.4) is 0 Å². The van der Waals surface area contributed by atoms with Crippen LogP contribution in [0.1, 0.15) is 51.4 Å². The van der Waals surface area contributed by atoms with Gasteiger partial charge in [0.1, 0.15) is 0 Å². The largest absolute Gasteiger partial charge is 0.302 e. The van der Waals surface area contributed by atoms with Crippen LogP contribution in [0.4, 0.5) is 5.13 Å². The second kappa shape index (κ2) is 9.83. The van der Waals surface area contributed by atoms with Gasteiger partial charge in [-0.1, -0.05) is 31.8 Å². The Bertz CT molecular complexity index is 336. The SMILES string of the molecule is C=CCCCCCCCCC(=O)Nc1nccs1. The Morgan fingerprint density at radius 3 is 2.67 bits per heavy atom. The zero-order valence-corrected chi connectivity index (χ0v) is 11.7. The number of aromatic nitrogens is 1. The van der Waals surface area contributed by atoms with E-state index >= 15 is 0 Å². The van der Waals surface area contributed by atoms with Gasteiger partial charge in [-0.3, -0.25) is 4.79 Å². The van der Waals surface area contributed by atoms with E-state index < -0.39 is 0 Å². The van der Waals surface area contributed by atoms with Crippen LogP contribution in [0.15, 0.2) is 24.2 Å². The fourth-order valence-electron chi connectivity index (χ4n) is 1.75. The number of carbonyl (C=O) groups is 1. The monoisotopic (exact) mass is 266 g/mol. The number of anilines is 1. The Hall–Kier alpha value is -1.16. The molecule has 100 valence electrons. The number of nitrogens with zero attached hydrogens (tertiary/aromatic N) is 1. The highest BCUT2D eigenvalue weighted by molar-refractivity contribution is 7.13. The van der Waals surface area contributed by atoms with Gasteiger partial charge >= 0.3 is 0 Å². The Morgan fingerprint density at radius 2 is 2.00 bits per heavy atom. The lowest BCUT2D eigenvalue weighted by atomic mass is 10.1. The van der Waals surface area contributed by atoms with Gasteiger partial charge in [-0.15, -0.1) is 17.9 Å². The first-order valence-corrected chi connectivity index (χ1v) is 7.51. The summed E-state index contributed by atoms with van der Waals surface area (Å²) >= 11 is 1.46. The third kappa shape index (κ3) is 7.22. The molecule has 0 saturated heterocycles. The summed E-state index contributed by atoms with van der Waals surface area (Å²) < 4.78 is 0. The molecule has 0 unspecified atom stereocenters. The average Bonchev–Trinajstić information content (AvgIpc) is 2.85. The predicted octanol–water partition coefficient (Wildman–Crippen LogP) is 4.39. The molecule has 18 heavy (non-hydrogen) atoms. The zero-order chi connectivity index (χ0) is 13.1. The molecule has 0 aliphatic carbocycles. The van der Waals surface area contributed by atoms with E-state index in [1.165, 1.54) is 37.0 Å². The van der Waals surface area contributed by atoms with Crippen LogP contribution in [-0.4, -0.2) is 10.9 Å². The molecule has 0 aliphatic rings. The molecule has 0 aliphatic heterocycles. The van der Waals surface area contributed by atoms with Gasteiger partial charge in [-0.25, -0.2) is 4.98 Å². The van der Waals surface area contributed by atoms with E-state index in [9.17, 15) is 4.79 Å². The fraction of sp³-hybridized carbons (Fsp3) is 0.571. The topological polar surface area (TPSA) is 42.0 Å². The zero-order valence-electron chi connectivity index (χ0n) is 10.9. The van der Waals surface area contributed by atoms with Crippen molar-refractivity contribution in [3.8, 4) is 0 Å². The van der Waals surface area contributed by atoms with Gasteiger partial charge in [0.2, 0.25) is 5.91 Å². The molecule has 4 heteroatoms. The summed E-state index contributed by atoms with van der Waals surface area (Å²) in [5, 5.41) is 5.36. The van der Waals surface area contributed by atoms with Crippen molar-refractivity contribution in [2.75, 3.05) is 5.32 Å². The minimum atomic E-state index is 0.0802. The third-order valence-corrected chi connectivity index (χ3v) is 3.43. The highest BCUT2D eigenvalue weighted by atomic mass is 32.1. The highest BCUT2D eigenvalue weighted by Gasteiger charge is 2.03. The highest BCUT2D eigenvalue weighted by Crippen LogP contribution is 2.12. The molecule has 3 nitrogen and oxygen atoms in total. The lowest BCUT2D eigenvalue weighted by Crippen LogP contribution is -2.10. The maximum absolute atomic E-state index is 11.5. The number of nitrogens with one attached hydrogen (secondary N) is 1. The van der Waals surface area contributed by atoms with Crippen molar-refractivity contribution in [1.82, 2.24) is 4.98 Å². The summed E-state index contributed by atoms with van der Waals surface area (Å²) in [6.45, 7) is 3.71. The van der Waals surface area contributed by atoms with Crippen LogP contribution in [0.2, 0.25) is 0 Å². The van der Waals surface area contributed by atoms with Crippen molar-refractivity contribution in [3.63, 3.8) is 0 Å². The lowest BCUT2D eigenvalue weighted by Gasteiger charge is -2.02. The summed E-state index contributed by atoms with van der Waals surface area (Å²) in [5.41, 5.74) is 0. The minimum Gasteiger partial charge on any atom is -0.302 e. The van der Waals surface area contributed by atoms with E-state index in [-0.39, 0.29) is 5.91 Å². The molecule has 0 atom stereocenters. The van der Waals surface area contributed by atoms with Crippen molar-refractivity contribution < 1.29 is 4.79 Å². The number of hydrogen-bond acceptors (Lipinski definition) is 3. The first kappa shape index (κ1) is 14.9. The molecule has 0 fully saturated rings. The molecule has 0 saturated carbocycles. The van der Waals surface area contributed by atoms with Crippen molar-refractivity contribution in [3.05, 3.63) is 24.2 Å². The Balaban J connectivity index is 1.91. The first-order valence-electron chi connectivity index (χ1n) is 6.63. The minimum absolute atomic E-state index is 0.0802. The number of allylic oxidation sites excluding steroid dienone is 1. The van der Waals surface area contributed by atoms with Crippen molar-refractivity contribution >= 4 is 22.4 Å². The lowest BCUT2D eigenvalue weighted by molar-refractivity contribution is -0.116. The Labute approximate surface area is 113 Å². The number of thiazole rings is 1. The molecule has 1 amide bonds. The summed E-state index contributed by atoms with van der Waals surface area (Å²) in [5.74, 6) is 0.0802. The van der Waals surface area contributed by atoms with E-state index in [1.807, 2.05) is 11.5 Å². The maximum atomic E-state index is 11.5. The second-order valence-corrected chi connectivity index (χ2v) is 5.23. The quantitative estimate of drug-likeness (QED) is 0.504. The molecular weight excluding hydrogens is 244 g/mol. The number of carbonyl (C=O) groups excluding carboxylic acids is 1. The number of unbranched alkanes of at least 4 members (excludes halogenated alkanes) is 6. The smallest absolute Gasteiger partial charge is 0.226 e. The van der Waals surface area contributed by atoms with Crippen LogP contribution < -0.4 is 5.32 Å². The van der Waals surface area contributed by atoms with Crippen LogP contribution in [-0.2, 0) is 4.79 Å². The third-order valence-electron chi connectivity index (χ3n) is 2.74. The molecule has 0 spiro atoms. The second-order valence-electron chi connectivity index (χ2n) is 4.33. The Kier molecular flexibility index (Phi) is 8.13. The predicted molar refractivity (Wildman–Crippen MR) is 77.9 cm³/mol. The molecule has 1 aromatic heterocycles. The normalized spacial score (nSPS) is 10.2. The van der Waals surface area contributed by atoms with Crippen molar-refractivity contribution in [2.24, 2.45) is 0 Å². The van der Waals surface area contributed by atoms with Gasteiger partial charge in [-0.05, 0) is 19.3 Å². The van der Waals surface area contributed by atoms with E-state index in [1.54, 1.807) is 6.20 Å². The molecule has 0 radical (unpaired) electrons. The van der Waals surface area contributed by atoms with E-state index in [4.69, 9.17) is 0 Å².